The average Bonchev–Trinajstić information content (AvgIpc) is 2.77. The van der Waals surface area contributed by atoms with Crippen molar-refractivity contribution in [2.24, 2.45) is 5.16 Å². The molecule has 0 fully saturated rings. The lowest BCUT2D eigenvalue weighted by molar-refractivity contribution is 0.174. The van der Waals surface area contributed by atoms with E-state index in [2.05, 4.69) is 9.89 Å². The Labute approximate surface area is 101 Å². The molecule has 2 rings (SSSR count). The fraction of sp³-hybridized carbons (Fsp3) is 0.417. The van der Waals surface area contributed by atoms with E-state index in [0.29, 0.717) is 12.1 Å². The molecule has 94 valence electrons. The fourth-order valence-electron chi connectivity index (χ4n) is 1.38. The van der Waals surface area contributed by atoms with Crippen molar-refractivity contribution in [3.8, 4) is 11.5 Å². The molecule has 0 atom stereocenters. The molecule has 0 spiro atoms. The van der Waals surface area contributed by atoms with Gasteiger partial charge in [0.05, 0.1) is 5.71 Å². The summed E-state index contributed by atoms with van der Waals surface area (Å²) in [6.07, 6.45) is 0.618. The van der Waals surface area contributed by atoms with E-state index in [-0.39, 0.29) is 6.79 Å². The zero-order valence-electron chi connectivity index (χ0n) is 10.3. The molecule has 0 saturated carbocycles. The Hall–Kier alpha value is -1.75. The minimum Gasteiger partial charge on any atom is -0.454 e. The molecule has 17 heavy (non-hydrogen) atoms. The number of nitrogens with zero attached hydrogens (tertiary/aromatic N) is 1. The lowest BCUT2D eigenvalue weighted by Crippen LogP contribution is -1.97. The topological polar surface area (TPSA) is 60.3 Å². The molecular weight excluding hydrogens is 222 g/mol. The Bertz CT molecular complexity index is 390. The van der Waals surface area contributed by atoms with Crippen molar-refractivity contribution in [3.63, 3.8) is 0 Å². The van der Waals surface area contributed by atoms with Crippen LogP contribution in [-0.2, 0) is 11.2 Å². The van der Waals surface area contributed by atoms with Gasteiger partial charge in [0, 0.05) is 20.6 Å². The molecule has 0 bridgehead atoms. The monoisotopic (exact) mass is 239 g/mol. The molecule has 5 heteroatoms. The number of ether oxygens (including phenoxy) is 3. The van der Waals surface area contributed by atoms with Gasteiger partial charge in [0.2, 0.25) is 6.79 Å². The van der Waals surface area contributed by atoms with Gasteiger partial charge in [0.15, 0.2) is 11.5 Å². The molecule has 1 aromatic rings. The van der Waals surface area contributed by atoms with Crippen LogP contribution in [0, 0.1) is 0 Å². The molecule has 0 radical (unpaired) electrons. The number of hydrogen-bond donors (Lipinski definition) is 1. The van der Waals surface area contributed by atoms with Crippen molar-refractivity contribution in [1.82, 2.24) is 0 Å². The highest BCUT2D eigenvalue weighted by Gasteiger charge is 2.13. The van der Waals surface area contributed by atoms with Gasteiger partial charge < -0.3 is 19.4 Å². The highest BCUT2D eigenvalue weighted by Crippen LogP contribution is 2.32. The van der Waals surface area contributed by atoms with E-state index in [0.717, 1.165) is 17.1 Å². The molecule has 5 nitrogen and oxygen atoms in total. The summed E-state index contributed by atoms with van der Waals surface area (Å²) in [5.74, 6) is 1.53. The predicted molar refractivity (Wildman–Crippen MR) is 64.1 cm³/mol. The van der Waals surface area contributed by atoms with Crippen LogP contribution in [0.1, 0.15) is 12.5 Å². The third kappa shape index (κ3) is 3.96. The van der Waals surface area contributed by atoms with Gasteiger partial charge in [-0.25, -0.2) is 0 Å². The van der Waals surface area contributed by atoms with Gasteiger partial charge in [0.25, 0.3) is 0 Å². The van der Waals surface area contributed by atoms with Crippen LogP contribution >= 0.6 is 0 Å². The first-order valence-electron chi connectivity index (χ1n) is 5.17. The Morgan fingerprint density at radius 1 is 1.35 bits per heavy atom. The first kappa shape index (κ1) is 13.3. The summed E-state index contributed by atoms with van der Waals surface area (Å²) in [5, 5.41) is 11.6. The summed E-state index contributed by atoms with van der Waals surface area (Å²) in [6.45, 7) is 2.05. The van der Waals surface area contributed by atoms with Gasteiger partial charge in [-0.15, -0.1) is 0 Å². The molecule has 1 aliphatic heterocycles. The average molecular weight is 239 g/mol. The van der Waals surface area contributed by atoms with Crippen LogP contribution in [0.15, 0.2) is 23.4 Å². The van der Waals surface area contributed by atoms with Crippen LogP contribution < -0.4 is 9.47 Å². The molecule has 0 aromatic heterocycles. The highest BCUT2D eigenvalue weighted by atomic mass is 16.7. The second-order valence-corrected chi connectivity index (χ2v) is 3.61. The first-order valence-corrected chi connectivity index (χ1v) is 5.17. The maximum atomic E-state index is 8.52. The van der Waals surface area contributed by atoms with Gasteiger partial charge in [-0.3, -0.25) is 0 Å². The smallest absolute Gasteiger partial charge is 0.231 e. The van der Waals surface area contributed by atoms with Crippen molar-refractivity contribution in [2.75, 3.05) is 21.0 Å². The normalized spacial score (nSPS) is 13.0. The highest BCUT2D eigenvalue weighted by molar-refractivity contribution is 5.83. The lowest BCUT2D eigenvalue weighted by atomic mass is 10.1. The molecule has 0 saturated heterocycles. The van der Waals surface area contributed by atoms with Crippen LogP contribution in [0.25, 0.3) is 0 Å². The quantitative estimate of drug-likeness (QED) is 0.487. The second kappa shape index (κ2) is 6.75. The van der Waals surface area contributed by atoms with E-state index in [1.165, 1.54) is 0 Å². The SMILES string of the molecule is C/C(Cc1ccc2c(c1)OCO2)=N\O.COC. The second-order valence-electron chi connectivity index (χ2n) is 3.61. The number of fused-ring (bicyclic) bond motifs is 1. The maximum absolute atomic E-state index is 8.52. The van der Waals surface area contributed by atoms with Crippen LogP contribution in [0.3, 0.4) is 0 Å². The molecule has 1 aliphatic rings. The zero-order chi connectivity index (χ0) is 12.7. The zero-order valence-corrected chi connectivity index (χ0v) is 10.3. The number of rotatable bonds is 2. The van der Waals surface area contributed by atoms with Crippen LogP contribution in [-0.4, -0.2) is 31.9 Å². The van der Waals surface area contributed by atoms with Crippen molar-refractivity contribution in [2.45, 2.75) is 13.3 Å². The molecule has 0 amide bonds. The largest absolute Gasteiger partial charge is 0.454 e. The maximum Gasteiger partial charge on any atom is 0.231 e. The summed E-state index contributed by atoms with van der Waals surface area (Å²) in [5.41, 5.74) is 1.72. The Morgan fingerprint density at radius 3 is 2.65 bits per heavy atom. The molecule has 1 heterocycles. The van der Waals surface area contributed by atoms with E-state index in [1.807, 2.05) is 18.2 Å². The molecule has 1 aromatic carbocycles. The van der Waals surface area contributed by atoms with Crippen LogP contribution in [0.4, 0.5) is 0 Å². The van der Waals surface area contributed by atoms with Gasteiger partial charge in [-0.1, -0.05) is 11.2 Å². The first-order chi connectivity index (χ1) is 8.21. The third-order valence-electron chi connectivity index (χ3n) is 2.07. The third-order valence-corrected chi connectivity index (χ3v) is 2.07. The lowest BCUT2D eigenvalue weighted by Gasteiger charge is -2.01. The van der Waals surface area contributed by atoms with Gasteiger partial charge in [-0.05, 0) is 24.6 Å². The summed E-state index contributed by atoms with van der Waals surface area (Å²) in [7, 11) is 3.25. The summed E-state index contributed by atoms with van der Waals surface area (Å²) in [4.78, 5) is 0. The van der Waals surface area contributed by atoms with E-state index < -0.39 is 0 Å². The van der Waals surface area contributed by atoms with Crippen LogP contribution in [0.2, 0.25) is 0 Å². The number of hydrogen-bond acceptors (Lipinski definition) is 5. The Kier molecular flexibility index (Phi) is 5.29. The molecule has 0 aliphatic carbocycles. The summed E-state index contributed by atoms with van der Waals surface area (Å²) < 4.78 is 14.7. The van der Waals surface area contributed by atoms with Gasteiger partial charge >= 0.3 is 0 Å². The minimum atomic E-state index is 0.284. The predicted octanol–water partition coefficient (Wildman–Crippen LogP) is 2.07. The van der Waals surface area contributed by atoms with Crippen LogP contribution in [0.5, 0.6) is 11.5 Å². The minimum absolute atomic E-state index is 0.284. The Balaban J connectivity index is 0.000000437. The van der Waals surface area contributed by atoms with Gasteiger partial charge in [-0.2, -0.15) is 0 Å². The van der Waals surface area contributed by atoms with E-state index in [1.54, 1.807) is 21.1 Å². The van der Waals surface area contributed by atoms with Crippen molar-refractivity contribution in [1.29, 1.82) is 0 Å². The van der Waals surface area contributed by atoms with E-state index in [9.17, 15) is 0 Å². The molecular formula is C12H17NO4. The van der Waals surface area contributed by atoms with E-state index in [4.69, 9.17) is 14.7 Å². The standard InChI is InChI=1S/C10H11NO3.C2H6O/c1-7(11-12)4-8-2-3-9-10(5-8)14-6-13-9;1-3-2/h2-3,5,12H,4,6H2,1H3;1-2H3/b11-7+;. The summed E-state index contributed by atoms with van der Waals surface area (Å²) in [6, 6.07) is 5.70. The molecule has 0 unspecified atom stereocenters. The molecule has 1 N–H and O–H groups in total. The Morgan fingerprint density at radius 2 is 2.00 bits per heavy atom. The number of methoxy groups -OCH3 is 1. The van der Waals surface area contributed by atoms with Crippen molar-refractivity contribution >= 4 is 5.71 Å². The fourth-order valence-corrected chi connectivity index (χ4v) is 1.38. The number of benzene rings is 1. The van der Waals surface area contributed by atoms with Crippen molar-refractivity contribution in [3.05, 3.63) is 23.8 Å². The van der Waals surface area contributed by atoms with Gasteiger partial charge in [0.1, 0.15) is 0 Å². The van der Waals surface area contributed by atoms with Crippen molar-refractivity contribution < 1.29 is 19.4 Å². The van der Waals surface area contributed by atoms with E-state index >= 15 is 0 Å². The summed E-state index contributed by atoms with van der Waals surface area (Å²) >= 11 is 0. The number of oxime groups is 1.